The highest BCUT2D eigenvalue weighted by molar-refractivity contribution is 7.98. The van der Waals surface area contributed by atoms with Gasteiger partial charge >= 0.3 is 0 Å². The lowest BCUT2D eigenvalue weighted by Gasteiger charge is -2.39. The first-order chi connectivity index (χ1) is 17.7. The Morgan fingerprint density at radius 2 is 1.65 bits per heavy atom. The average Bonchev–Trinajstić information content (AvgIpc) is 3.14. The van der Waals surface area contributed by atoms with E-state index < -0.39 is 11.6 Å². The molecular weight excluding hydrogens is 488 g/mol. The average molecular weight is 522 g/mol. The van der Waals surface area contributed by atoms with Crippen LogP contribution >= 0.6 is 11.8 Å². The van der Waals surface area contributed by atoms with E-state index in [1.165, 1.54) is 28.2 Å². The summed E-state index contributed by atoms with van der Waals surface area (Å²) in [6, 6.07) is 20.0. The first-order valence-electron chi connectivity index (χ1n) is 12.9. The standard InChI is InChI=1S/C31H33F2NO2S/c1-31(2,3)26-6-4-5-7-29(26)37-19-20-8-10-21(11-9-20)30(35)34-23-13-14-24(34)18-25(17-23)36-28-15-12-22(32)16-27(28)33/h4-12,15-16,23-25H,13-14,17-19H2,1-3H3. The molecule has 0 radical (unpaired) electrons. The highest BCUT2D eigenvalue weighted by Crippen LogP contribution is 2.39. The van der Waals surface area contributed by atoms with Gasteiger partial charge in [0.1, 0.15) is 11.9 Å². The van der Waals surface area contributed by atoms with Crippen LogP contribution in [0.1, 0.15) is 67.9 Å². The Morgan fingerprint density at radius 1 is 0.973 bits per heavy atom. The van der Waals surface area contributed by atoms with Crippen molar-refractivity contribution in [3.63, 3.8) is 0 Å². The number of carbonyl (C=O) groups excluding carboxylic acids is 1. The van der Waals surface area contributed by atoms with Crippen molar-refractivity contribution in [2.24, 2.45) is 0 Å². The van der Waals surface area contributed by atoms with E-state index in [2.05, 4.69) is 57.2 Å². The lowest BCUT2D eigenvalue weighted by molar-refractivity contribution is 0.0349. The van der Waals surface area contributed by atoms with E-state index in [0.717, 1.165) is 24.7 Å². The van der Waals surface area contributed by atoms with Crippen LogP contribution in [0.5, 0.6) is 5.75 Å². The van der Waals surface area contributed by atoms with Crippen LogP contribution in [0.25, 0.3) is 0 Å². The second-order valence-corrected chi connectivity index (χ2v) is 12.1. The molecule has 0 N–H and O–H groups in total. The van der Waals surface area contributed by atoms with Crippen LogP contribution in [0.2, 0.25) is 0 Å². The molecule has 2 saturated heterocycles. The van der Waals surface area contributed by atoms with Crippen LogP contribution in [0.4, 0.5) is 8.78 Å². The predicted molar refractivity (Wildman–Crippen MR) is 144 cm³/mol. The molecule has 1 amide bonds. The molecule has 5 rings (SSSR count). The fourth-order valence-corrected chi connectivity index (χ4v) is 6.79. The van der Waals surface area contributed by atoms with Crippen molar-refractivity contribution in [3.8, 4) is 5.75 Å². The molecule has 3 aromatic carbocycles. The molecule has 37 heavy (non-hydrogen) atoms. The minimum absolute atomic E-state index is 0.0520. The monoisotopic (exact) mass is 521 g/mol. The summed E-state index contributed by atoms with van der Waals surface area (Å²) >= 11 is 1.83. The van der Waals surface area contributed by atoms with E-state index in [9.17, 15) is 13.6 Å². The molecular formula is C31H33F2NO2S. The van der Waals surface area contributed by atoms with Gasteiger partial charge in [-0.25, -0.2) is 8.78 Å². The zero-order valence-corrected chi connectivity index (χ0v) is 22.4. The van der Waals surface area contributed by atoms with Gasteiger partial charge in [-0.15, -0.1) is 11.8 Å². The van der Waals surface area contributed by atoms with E-state index in [-0.39, 0.29) is 35.3 Å². The number of nitrogens with zero attached hydrogens (tertiary/aromatic N) is 1. The highest BCUT2D eigenvalue weighted by atomic mass is 32.2. The number of ether oxygens (including phenoxy) is 1. The summed E-state index contributed by atoms with van der Waals surface area (Å²) in [5.41, 5.74) is 3.31. The Hall–Kier alpha value is -2.86. The number of amides is 1. The SMILES string of the molecule is CC(C)(C)c1ccccc1SCc1ccc(C(=O)N2C3CCC2CC(Oc2ccc(F)cc2F)C3)cc1. The van der Waals surface area contributed by atoms with Gasteiger partial charge in [-0.1, -0.05) is 51.1 Å². The van der Waals surface area contributed by atoms with E-state index in [4.69, 9.17) is 4.74 Å². The van der Waals surface area contributed by atoms with Gasteiger partial charge in [0.2, 0.25) is 0 Å². The minimum Gasteiger partial charge on any atom is -0.487 e. The van der Waals surface area contributed by atoms with E-state index in [0.29, 0.717) is 18.4 Å². The van der Waals surface area contributed by atoms with E-state index >= 15 is 0 Å². The van der Waals surface area contributed by atoms with Crippen molar-refractivity contribution >= 4 is 17.7 Å². The molecule has 2 unspecified atom stereocenters. The summed E-state index contributed by atoms with van der Waals surface area (Å²) in [4.78, 5) is 16.7. The van der Waals surface area contributed by atoms with Crippen LogP contribution in [0, 0.1) is 11.6 Å². The lowest BCUT2D eigenvalue weighted by Crippen LogP contribution is -2.49. The van der Waals surface area contributed by atoms with Gasteiger partial charge in [0, 0.05) is 47.2 Å². The number of rotatable bonds is 6. The van der Waals surface area contributed by atoms with Crippen LogP contribution in [-0.4, -0.2) is 29.0 Å². The van der Waals surface area contributed by atoms with Crippen molar-refractivity contribution in [1.82, 2.24) is 4.90 Å². The van der Waals surface area contributed by atoms with E-state index in [1.807, 2.05) is 28.8 Å². The summed E-state index contributed by atoms with van der Waals surface area (Å²) < 4.78 is 33.2. The molecule has 2 bridgehead atoms. The van der Waals surface area contributed by atoms with Crippen molar-refractivity contribution in [1.29, 1.82) is 0 Å². The first-order valence-corrected chi connectivity index (χ1v) is 13.9. The number of halogens is 2. The van der Waals surface area contributed by atoms with Gasteiger partial charge in [-0.05, 0) is 59.7 Å². The van der Waals surface area contributed by atoms with Gasteiger partial charge < -0.3 is 9.64 Å². The van der Waals surface area contributed by atoms with Crippen LogP contribution in [-0.2, 0) is 11.2 Å². The molecule has 0 aliphatic carbocycles. The quantitative estimate of drug-likeness (QED) is 0.310. The van der Waals surface area contributed by atoms with Gasteiger partial charge in [0.15, 0.2) is 11.6 Å². The summed E-state index contributed by atoms with van der Waals surface area (Å²) in [5, 5.41) is 0. The van der Waals surface area contributed by atoms with Gasteiger partial charge in [0.25, 0.3) is 5.91 Å². The molecule has 3 nitrogen and oxygen atoms in total. The Balaban J connectivity index is 1.21. The second kappa shape index (κ2) is 10.5. The maximum absolute atomic E-state index is 14.1. The lowest BCUT2D eigenvalue weighted by atomic mass is 9.87. The van der Waals surface area contributed by atoms with Crippen molar-refractivity contribution < 1.29 is 18.3 Å². The topological polar surface area (TPSA) is 29.5 Å². The van der Waals surface area contributed by atoms with E-state index in [1.54, 1.807) is 0 Å². The van der Waals surface area contributed by atoms with Crippen molar-refractivity contribution in [2.45, 2.75) is 80.7 Å². The highest BCUT2D eigenvalue weighted by Gasteiger charge is 2.44. The normalized spacial score (nSPS) is 21.2. The Labute approximate surface area is 222 Å². The molecule has 0 saturated carbocycles. The largest absolute Gasteiger partial charge is 0.487 e. The summed E-state index contributed by atoms with van der Waals surface area (Å²) in [6.07, 6.45) is 2.97. The molecule has 0 spiro atoms. The molecule has 2 fully saturated rings. The Bertz CT molecular complexity index is 1260. The fraction of sp³-hybridized carbons (Fsp3) is 0.387. The van der Waals surface area contributed by atoms with Crippen LogP contribution < -0.4 is 4.74 Å². The first kappa shape index (κ1) is 25.8. The smallest absolute Gasteiger partial charge is 0.254 e. The third-order valence-corrected chi connectivity index (χ3v) is 8.55. The summed E-state index contributed by atoms with van der Waals surface area (Å²) in [6.45, 7) is 6.70. The third kappa shape index (κ3) is 5.69. The van der Waals surface area contributed by atoms with Gasteiger partial charge in [0.05, 0.1) is 0 Å². The molecule has 2 heterocycles. The third-order valence-electron chi connectivity index (χ3n) is 7.40. The number of hydrogen-bond acceptors (Lipinski definition) is 3. The molecule has 2 atom stereocenters. The molecule has 6 heteroatoms. The maximum atomic E-state index is 14.1. The summed E-state index contributed by atoms with van der Waals surface area (Å²) in [7, 11) is 0. The fourth-order valence-electron chi connectivity index (χ4n) is 5.57. The number of hydrogen-bond donors (Lipinski definition) is 0. The molecule has 2 aliphatic rings. The minimum atomic E-state index is -0.689. The van der Waals surface area contributed by atoms with Crippen molar-refractivity contribution in [3.05, 3.63) is 95.1 Å². The second-order valence-electron chi connectivity index (χ2n) is 11.1. The predicted octanol–water partition coefficient (Wildman–Crippen LogP) is 7.77. The number of benzene rings is 3. The Morgan fingerprint density at radius 3 is 2.30 bits per heavy atom. The zero-order valence-electron chi connectivity index (χ0n) is 21.5. The van der Waals surface area contributed by atoms with Crippen LogP contribution in [0.3, 0.4) is 0 Å². The molecule has 0 aromatic heterocycles. The number of piperidine rings is 1. The van der Waals surface area contributed by atoms with Gasteiger partial charge in [-0.3, -0.25) is 4.79 Å². The molecule has 194 valence electrons. The number of carbonyl (C=O) groups is 1. The number of fused-ring (bicyclic) bond motifs is 2. The summed E-state index contributed by atoms with van der Waals surface area (Å²) in [5.74, 6) is -0.341. The number of thioether (sulfide) groups is 1. The van der Waals surface area contributed by atoms with Crippen LogP contribution in [0.15, 0.2) is 71.6 Å². The Kier molecular flexibility index (Phi) is 7.30. The molecule has 2 aliphatic heterocycles. The molecule has 3 aromatic rings. The maximum Gasteiger partial charge on any atom is 0.254 e. The van der Waals surface area contributed by atoms with Crippen molar-refractivity contribution in [2.75, 3.05) is 0 Å². The zero-order chi connectivity index (χ0) is 26.2. The van der Waals surface area contributed by atoms with Gasteiger partial charge in [-0.2, -0.15) is 0 Å².